The van der Waals surface area contributed by atoms with Crippen molar-refractivity contribution in [2.45, 2.75) is 26.0 Å². The fraction of sp³-hybridized carbons (Fsp3) is 0.333. The summed E-state index contributed by atoms with van der Waals surface area (Å²) in [4.78, 5) is 13.6. The van der Waals surface area contributed by atoms with Gasteiger partial charge in [0.15, 0.2) is 11.9 Å². The topological polar surface area (TPSA) is 66.6 Å². The Labute approximate surface area is 128 Å². The summed E-state index contributed by atoms with van der Waals surface area (Å²) in [7, 11) is 1.61. The Hall–Kier alpha value is -1.85. The minimum Gasteiger partial charge on any atom is -0.378 e. The highest BCUT2D eigenvalue weighted by molar-refractivity contribution is 6.30. The molecule has 2 aromatic rings. The fourth-order valence-corrected chi connectivity index (χ4v) is 2.03. The summed E-state index contributed by atoms with van der Waals surface area (Å²) in [5.41, 5.74) is 1.34. The van der Waals surface area contributed by atoms with Gasteiger partial charge in [-0.1, -0.05) is 35.8 Å². The second-order valence-corrected chi connectivity index (χ2v) is 5.22. The predicted octanol–water partition coefficient (Wildman–Crippen LogP) is 2.58. The molecule has 0 aliphatic heterocycles. The number of nitrogens with zero attached hydrogens (tertiary/aromatic N) is 2. The minimum atomic E-state index is -1.22. The van der Waals surface area contributed by atoms with Gasteiger partial charge in [0.25, 0.3) is 5.91 Å². The van der Waals surface area contributed by atoms with Gasteiger partial charge in [-0.25, -0.2) is 0 Å². The molecule has 0 spiro atoms. The highest BCUT2D eigenvalue weighted by atomic mass is 35.5. The molecule has 1 aromatic carbocycles. The molecule has 1 N–H and O–H groups in total. The lowest BCUT2D eigenvalue weighted by Crippen LogP contribution is -2.31. The maximum Gasteiger partial charge on any atom is 0.256 e. The van der Waals surface area contributed by atoms with Gasteiger partial charge in [-0.05, 0) is 24.1 Å². The van der Waals surface area contributed by atoms with Crippen LogP contribution < -0.4 is 0 Å². The number of aliphatic hydroxyl groups excluding tert-OH is 1. The summed E-state index contributed by atoms with van der Waals surface area (Å²) in [6.07, 6.45) is -0.449. The summed E-state index contributed by atoms with van der Waals surface area (Å²) in [6, 6.07) is 8.33. The molecule has 0 aliphatic rings. The van der Waals surface area contributed by atoms with Crippen molar-refractivity contribution in [3.8, 4) is 0 Å². The van der Waals surface area contributed by atoms with Gasteiger partial charge in [-0.2, -0.15) is 0 Å². The van der Waals surface area contributed by atoms with Crippen molar-refractivity contribution >= 4 is 17.5 Å². The molecule has 0 saturated heterocycles. The molecule has 1 amide bonds. The van der Waals surface area contributed by atoms with Gasteiger partial charge < -0.3 is 14.5 Å². The van der Waals surface area contributed by atoms with E-state index in [9.17, 15) is 9.90 Å². The number of carbonyl (C=O) groups excluding carboxylic acids is 1. The SMILES string of the molecule is CCc1cc(CN(C)C(=O)[C@H](O)c2ccc(Cl)cc2)on1. The van der Waals surface area contributed by atoms with Crippen LogP contribution in [0.3, 0.4) is 0 Å². The Morgan fingerprint density at radius 1 is 1.43 bits per heavy atom. The first-order valence-electron chi connectivity index (χ1n) is 6.64. The van der Waals surface area contributed by atoms with E-state index in [2.05, 4.69) is 5.16 Å². The van der Waals surface area contributed by atoms with E-state index in [-0.39, 0.29) is 6.54 Å². The first-order valence-corrected chi connectivity index (χ1v) is 7.02. The third-order valence-electron chi connectivity index (χ3n) is 3.16. The molecule has 1 atom stereocenters. The van der Waals surface area contributed by atoms with Gasteiger partial charge in [0.2, 0.25) is 0 Å². The second kappa shape index (κ2) is 6.74. The largest absolute Gasteiger partial charge is 0.378 e. The van der Waals surface area contributed by atoms with E-state index in [1.54, 1.807) is 37.4 Å². The van der Waals surface area contributed by atoms with Gasteiger partial charge in [0.1, 0.15) is 0 Å². The van der Waals surface area contributed by atoms with Crippen molar-refractivity contribution < 1.29 is 14.4 Å². The van der Waals surface area contributed by atoms with E-state index in [1.165, 1.54) is 4.90 Å². The Balaban J connectivity index is 2.02. The smallest absolute Gasteiger partial charge is 0.256 e. The first kappa shape index (κ1) is 15.5. The van der Waals surface area contributed by atoms with Gasteiger partial charge in [0, 0.05) is 18.1 Å². The van der Waals surface area contributed by atoms with Crippen LogP contribution >= 0.6 is 11.6 Å². The molecule has 5 nitrogen and oxygen atoms in total. The lowest BCUT2D eigenvalue weighted by atomic mass is 10.1. The van der Waals surface area contributed by atoms with Gasteiger partial charge in [0.05, 0.1) is 12.2 Å². The number of benzene rings is 1. The monoisotopic (exact) mass is 308 g/mol. The molecule has 6 heteroatoms. The van der Waals surface area contributed by atoms with Crippen molar-refractivity contribution in [2.75, 3.05) is 7.05 Å². The van der Waals surface area contributed by atoms with Crippen LogP contribution in [0.2, 0.25) is 5.02 Å². The number of likely N-dealkylation sites (N-methyl/N-ethyl adjacent to an activating group) is 1. The van der Waals surface area contributed by atoms with Crippen molar-refractivity contribution in [3.63, 3.8) is 0 Å². The van der Waals surface area contributed by atoms with E-state index in [4.69, 9.17) is 16.1 Å². The Bertz CT molecular complexity index is 610. The molecule has 0 unspecified atom stereocenters. The lowest BCUT2D eigenvalue weighted by molar-refractivity contribution is -0.140. The quantitative estimate of drug-likeness (QED) is 0.922. The number of aryl methyl sites for hydroxylation is 1. The first-order chi connectivity index (χ1) is 10.0. The predicted molar refractivity (Wildman–Crippen MR) is 78.8 cm³/mol. The van der Waals surface area contributed by atoms with Crippen LogP contribution in [0.4, 0.5) is 0 Å². The van der Waals surface area contributed by atoms with Gasteiger partial charge in [-0.15, -0.1) is 0 Å². The average Bonchev–Trinajstić information content (AvgIpc) is 2.94. The zero-order valence-electron chi connectivity index (χ0n) is 11.9. The normalized spacial score (nSPS) is 12.2. The van der Waals surface area contributed by atoms with E-state index in [1.807, 2.05) is 6.92 Å². The van der Waals surface area contributed by atoms with E-state index in [0.717, 1.165) is 12.1 Å². The molecule has 0 bridgehead atoms. The molecule has 0 aliphatic carbocycles. The molecular formula is C15H17ClN2O3. The molecule has 0 saturated carbocycles. The number of rotatable bonds is 5. The van der Waals surface area contributed by atoms with Crippen molar-refractivity contribution in [1.82, 2.24) is 10.1 Å². The number of aliphatic hydroxyl groups is 1. The third kappa shape index (κ3) is 3.83. The average molecular weight is 309 g/mol. The minimum absolute atomic E-state index is 0.260. The summed E-state index contributed by atoms with van der Waals surface area (Å²) in [5, 5.41) is 14.5. The summed E-state index contributed by atoms with van der Waals surface area (Å²) in [6.45, 7) is 2.23. The zero-order valence-corrected chi connectivity index (χ0v) is 12.7. The van der Waals surface area contributed by atoms with E-state index >= 15 is 0 Å². The van der Waals surface area contributed by atoms with Gasteiger partial charge >= 0.3 is 0 Å². The zero-order chi connectivity index (χ0) is 15.4. The summed E-state index contributed by atoms with van der Waals surface area (Å²) >= 11 is 5.79. The molecule has 1 aromatic heterocycles. The maximum absolute atomic E-state index is 12.2. The highest BCUT2D eigenvalue weighted by Gasteiger charge is 2.22. The van der Waals surface area contributed by atoms with Gasteiger partial charge in [-0.3, -0.25) is 4.79 Å². The van der Waals surface area contributed by atoms with Crippen LogP contribution in [0, 0.1) is 0 Å². The van der Waals surface area contributed by atoms with Crippen LogP contribution in [-0.4, -0.2) is 28.1 Å². The number of aromatic nitrogens is 1. The Kier molecular flexibility index (Phi) is 4.98. The molecule has 21 heavy (non-hydrogen) atoms. The molecule has 2 rings (SSSR count). The van der Waals surface area contributed by atoms with Crippen LogP contribution in [-0.2, 0) is 17.8 Å². The Morgan fingerprint density at radius 2 is 2.10 bits per heavy atom. The number of carbonyl (C=O) groups is 1. The molecule has 1 heterocycles. The third-order valence-corrected chi connectivity index (χ3v) is 3.41. The second-order valence-electron chi connectivity index (χ2n) is 4.79. The number of hydrogen-bond donors (Lipinski definition) is 1. The number of hydrogen-bond acceptors (Lipinski definition) is 4. The van der Waals surface area contributed by atoms with Crippen LogP contribution in [0.25, 0.3) is 0 Å². The van der Waals surface area contributed by atoms with Crippen LogP contribution in [0.1, 0.15) is 30.0 Å². The fourth-order valence-electron chi connectivity index (χ4n) is 1.90. The standard InChI is InChI=1S/C15H17ClN2O3/c1-3-12-8-13(21-17-12)9-18(2)15(20)14(19)10-4-6-11(16)7-5-10/h4-8,14,19H,3,9H2,1-2H3/t14-/m1/s1. The van der Waals surface area contributed by atoms with Crippen LogP contribution in [0.15, 0.2) is 34.9 Å². The van der Waals surface area contributed by atoms with Crippen molar-refractivity contribution in [2.24, 2.45) is 0 Å². The van der Waals surface area contributed by atoms with E-state index < -0.39 is 12.0 Å². The molecule has 112 valence electrons. The van der Waals surface area contributed by atoms with Crippen molar-refractivity contribution in [3.05, 3.63) is 52.4 Å². The molecular weight excluding hydrogens is 292 g/mol. The number of halogens is 1. The lowest BCUT2D eigenvalue weighted by Gasteiger charge is -2.19. The highest BCUT2D eigenvalue weighted by Crippen LogP contribution is 2.19. The van der Waals surface area contributed by atoms with Crippen molar-refractivity contribution in [1.29, 1.82) is 0 Å². The van der Waals surface area contributed by atoms with E-state index in [0.29, 0.717) is 16.3 Å². The van der Waals surface area contributed by atoms with Crippen LogP contribution in [0.5, 0.6) is 0 Å². The molecule has 0 fully saturated rings. The molecule has 0 radical (unpaired) electrons. The summed E-state index contributed by atoms with van der Waals surface area (Å²) in [5.74, 6) is 0.178. The summed E-state index contributed by atoms with van der Waals surface area (Å²) < 4.78 is 5.13. The maximum atomic E-state index is 12.2. The Morgan fingerprint density at radius 3 is 2.67 bits per heavy atom. The number of amides is 1.